The highest BCUT2D eigenvalue weighted by atomic mass is 32.2. The number of sulfonamides is 1. The molecule has 2 heterocycles. The van der Waals surface area contributed by atoms with Crippen LogP contribution in [0.3, 0.4) is 0 Å². The predicted octanol–water partition coefficient (Wildman–Crippen LogP) is 3.42. The molecule has 0 radical (unpaired) electrons. The van der Waals surface area contributed by atoms with Crippen LogP contribution in [0.25, 0.3) is 0 Å². The van der Waals surface area contributed by atoms with E-state index in [2.05, 4.69) is 8.75 Å². The second-order valence-electron chi connectivity index (χ2n) is 7.13. The summed E-state index contributed by atoms with van der Waals surface area (Å²) < 4.78 is 50.4. The maximum atomic E-state index is 13.9. The average molecular weight is 448 g/mol. The van der Waals surface area contributed by atoms with E-state index < -0.39 is 33.8 Å². The molecular formula is C20H18FN3O4S2. The number of carbonyl (C=O) groups is 1. The minimum atomic E-state index is -4.14. The largest absolute Gasteiger partial charge is 0.481 e. The van der Waals surface area contributed by atoms with Crippen LogP contribution >= 0.6 is 11.7 Å². The Labute approximate surface area is 177 Å². The average Bonchev–Trinajstić information content (AvgIpc) is 3.26. The Balaban J connectivity index is 1.77. The maximum absolute atomic E-state index is 13.9. The quantitative estimate of drug-likeness (QED) is 0.621. The van der Waals surface area contributed by atoms with E-state index in [-0.39, 0.29) is 17.1 Å². The van der Waals surface area contributed by atoms with Gasteiger partial charge in [0.2, 0.25) is 5.03 Å². The van der Waals surface area contributed by atoms with Gasteiger partial charge in [0, 0.05) is 12.3 Å². The first-order valence-corrected chi connectivity index (χ1v) is 11.4. The highest BCUT2D eigenvalue weighted by molar-refractivity contribution is 7.92. The molecule has 4 rings (SSSR count). The molecule has 0 spiro atoms. The molecule has 10 heteroatoms. The lowest BCUT2D eigenvalue weighted by molar-refractivity contribution is -0.137. The van der Waals surface area contributed by atoms with Crippen molar-refractivity contribution in [3.8, 4) is 0 Å². The van der Waals surface area contributed by atoms with Crippen molar-refractivity contribution in [2.45, 2.75) is 36.8 Å². The Morgan fingerprint density at radius 2 is 1.93 bits per heavy atom. The molecule has 2 aromatic carbocycles. The Morgan fingerprint density at radius 3 is 2.63 bits per heavy atom. The van der Waals surface area contributed by atoms with Crippen LogP contribution in [0.15, 0.2) is 53.6 Å². The molecule has 3 aromatic rings. The summed E-state index contributed by atoms with van der Waals surface area (Å²) in [5.74, 6) is -2.30. The van der Waals surface area contributed by atoms with Gasteiger partial charge in [-0.1, -0.05) is 30.3 Å². The molecule has 1 N–H and O–H groups in total. The molecule has 156 valence electrons. The Morgan fingerprint density at radius 1 is 1.20 bits per heavy atom. The van der Waals surface area contributed by atoms with Gasteiger partial charge in [0.15, 0.2) is 0 Å². The predicted molar refractivity (Wildman–Crippen MR) is 110 cm³/mol. The number of hydrogen-bond donors (Lipinski definition) is 1. The van der Waals surface area contributed by atoms with Crippen molar-refractivity contribution >= 4 is 33.4 Å². The minimum absolute atomic E-state index is 0.158. The summed E-state index contributed by atoms with van der Waals surface area (Å²) in [5.41, 5.74) is 1.85. The van der Waals surface area contributed by atoms with Crippen LogP contribution in [0.2, 0.25) is 0 Å². The first-order chi connectivity index (χ1) is 14.3. The van der Waals surface area contributed by atoms with Crippen LogP contribution in [0.1, 0.15) is 36.1 Å². The highest BCUT2D eigenvalue weighted by Crippen LogP contribution is 2.46. The Hall–Kier alpha value is -2.85. The third kappa shape index (κ3) is 3.56. The topological polar surface area (TPSA) is 100 Å². The molecule has 0 aliphatic carbocycles. The number of carboxylic acids is 1. The summed E-state index contributed by atoms with van der Waals surface area (Å²) in [4.78, 5) is 11.4. The standard InChI is InChI=1S/C20H18FN3O4S2/c1-12-15(11-19(25)26)16-10-14(21)7-8-18(16)24(12)30(27,28)20-17(22-29-23-20)9-13-5-3-2-4-6-13/h2-8,10,12,15H,9,11H2,1H3,(H,25,26). The van der Waals surface area contributed by atoms with Gasteiger partial charge in [-0.15, -0.1) is 0 Å². The molecule has 2 unspecified atom stereocenters. The summed E-state index contributed by atoms with van der Waals surface area (Å²) in [6.45, 7) is 1.62. The number of aliphatic carboxylic acids is 1. The van der Waals surface area contributed by atoms with E-state index in [0.29, 0.717) is 17.7 Å². The first-order valence-electron chi connectivity index (χ1n) is 9.20. The van der Waals surface area contributed by atoms with Gasteiger partial charge in [-0.05, 0) is 36.2 Å². The molecule has 0 saturated carbocycles. The summed E-state index contributed by atoms with van der Waals surface area (Å²) in [5, 5.41) is 9.13. The second-order valence-corrected chi connectivity index (χ2v) is 9.39. The van der Waals surface area contributed by atoms with Crippen LogP contribution < -0.4 is 4.31 Å². The van der Waals surface area contributed by atoms with E-state index >= 15 is 0 Å². The number of nitrogens with zero attached hydrogens (tertiary/aromatic N) is 3. The summed E-state index contributed by atoms with van der Waals surface area (Å²) in [6.07, 6.45) is -0.0151. The molecule has 1 aromatic heterocycles. The van der Waals surface area contributed by atoms with E-state index in [1.807, 2.05) is 30.3 Å². The van der Waals surface area contributed by atoms with Crippen LogP contribution in [-0.2, 0) is 21.2 Å². The van der Waals surface area contributed by atoms with Crippen molar-refractivity contribution < 1.29 is 22.7 Å². The zero-order valence-corrected chi connectivity index (χ0v) is 17.5. The summed E-state index contributed by atoms with van der Waals surface area (Å²) in [7, 11) is -4.14. The molecule has 30 heavy (non-hydrogen) atoms. The second kappa shape index (κ2) is 7.77. The van der Waals surface area contributed by atoms with Crippen molar-refractivity contribution in [2.75, 3.05) is 4.31 Å². The number of benzene rings is 2. The number of hydrogen-bond acceptors (Lipinski definition) is 6. The zero-order valence-electron chi connectivity index (χ0n) is 15.9. The van der Waals surface area contributed by atoms with Gasteiger partial charge in [-0.25, -0.2) is 4.39 Å². The van der Waals surface area contributed by atoms with Crippen molar-refractivity contribution in [1.29, 1.82) is 0 Å². The molecule has 7 nitrogen and oxygen atoms in total. The highest BCUT2D eigenvalue weighted by Gasteiger charge is 2.45. The fourth-order valence-electron chi connectivity index (χ4n) is 3.87. The lowest BCUT2D eigenvalue weighted by atomic mass is 9.93. The molecule has 0 saturated heterocycles. The number of aromatic nitrogens is 2. The van der Waals surface area contributed by atoms with E-state index in [4.69, 9.17) is 0 Å². The van der Waals surface area contributed by atoms with E-state index in [1.165, 1.54) is 18.2 Å². The smallest absolute Gasteiger partial charge is 0.304 e. The molecule has 1 aliphatic heterocycles. The van der Waals surface area contributed by atoms with Crippen LogP contribution in [-0.4, -0.2) is 34.3 Å². The van der Waals surface area contributed by atoms with E-state index in [1.54, 1.807) is 6.92 Å². The van der Waals surface area contributed by atoms with Gasteiger partial charge < -0.3 is 5.11 Å². The Bertz CT molecular complexity index is 1200. The number of anilines is 1. The lowest BCUT2D eigenvalue weighted by Gasteiger charge is -2.25. The lowest BCUT2D eigenvalue weighted by Crippen LogP contribution is -2.38. The van der Waals surface area contributed by atoms with Crippen molar-refractivity contribution in [3.63, 3.8) is 0 Å². The van der Waals surface area contributed by atoms with Crippen molar-refractivity contribution in [2.24, 2.45) is 0 Å². The van der Waals surface area contributed by atoms with Gasteiger partial charge >= 0.3 is 5.97 Å². The van der Waals surface area contributed by atoms with Gasteiger partial charge in [-0.2, -0.15) is 17.2 Å². The Kier molecular flexibility index (Phi) is 5.29. The van der Waals surface area contributed by atoms with Gasteiger partial charge in [0.05, 0.1) is 35.6 Å². The zero-order chi connectivity index (χ0) is 21.5. The van der Waals surface area contributed by atoms with Crippen molar-refractivity contribution in [3.05, 3.63) is 71.2 Å². The van der Waals surface area contributed by atoms with E-state index in [0.717, 1.165) is 21.6 Å². The molecule has 0 bridgehead atoms. The third-order valence-corrected chi connectivity index (χ3v) is 7.76. The number of fused-ring (bicyclic) bond motifs is 1. The number of halogens is 1. The fourth-order valence-corrected chi connectivity index (χ4v) is 6.48. The molecular weight excluding hydrogens is 429 g/mol. The summed E-state index contributed by atoms with van der Waals surface area (Å²) >= 11 is 0.808. The number of rotatable bonds is 6. The van der Waals surface area contributed by atoms with E-state index in [9.17, 15) is 22.7 Å². The first kappa shape index (κ1) is 20.4. The van der Waals surface area contributed by atoms with Gasteiger partial charge in [-0.3, -0.25) is 9.10 Å². The van der Waals surface area contributed by atoms with Crippen LogP contribution in [0.4, 0.5) is 10.1 Å². The third-order valence-electron chi connectivity index (χ3n) is 5.21. The van der Waals surface area contributed by atoms with Crippen molar-refractivity contribution in [1.82, 2.24) is 8.75 Å². The monoisotopic (exact) mass is 447 g/mol. The molecule has 0 fully saturated rings. The normalized spacial score (nSPS) is 18.4. The number of carboxylic acid groups (broad SMARTS) is 1. The van der Waals surface area contributed by atoms with Crippen LogP contribution in [0.5, 0.6) is 0 Å². The fraction of sp³-hybridized carbons (Fsp3) is 0.250. The molecule has 2 atom stereocenters. The SMILES string of the molecule is CC1C(CC(=O)O)c2cc(F)ccc2N1S(=O)(=O)c1nsnc1Cc1ccccc1. The minimum Gasteiger partial charge on any atom is -0.481 e. The maximum Gasteiger partial charge on any atom is 0.304 e. The summed E-state index contributed by atoms with van der Waals surface area (Å²) in [6, 6.07) is 12.3. The van der Waals surface area contributed by atoms with Gasteiger partial charge in [0.1, 0.15) is 5.82 Å². The molecule has 0 amide bonds. The molecule has 1 aliphatic rings. The van der Waals surface area contributed by atoms with Crippen LogP contribution in [0, 0.1) is 5.82 Å². The van der Waals surface area contributed by atoms with Gasteiger partial charge in [0.25, 0.3) is 10.0 Å².